The van der Waals surface area contributed by atoms with Gasteiger partial charge < -0.3 is 5.11 Å². The average molecular weight is 370 g/mol. The Kier molecular flexibility index (Phi) is 5.56. The third-order valence-electron chi connectivity index (χ3n) is 3.82. The lowest BCUT2D eigenvalue weighted by atomic mass is 10.1. The first-order chi connectivity index (χ1) is 12.0. The lowest BCUT2D eigenvalue weighted by Gasteiger charge is -2.04. The largest absolute Gasteiger partial charge is 0.507 e. The lowest BCUT2D eigenvalue weighted by Crippen LogP contribution is -1.92. The van der Waals surface area contributed by atoms with Crippen LogP contribution in [0.4, 0.5) is 0 Å². The van der Waals surface area contributed by atoms with Crippen LogP contribution in [-0.4, -0.2) is 15.2 Å². The zero-order valence-corrected chi connectivity index (χ0v) is 15.8. The van der Waals surface area contributed by atoms with Gasteiger partial charge in [-0.2, -0.15) is 0 Å². The molecule has 25 heavy (non-hydrogen) atoms. The maximum atomic E-state index is 12.3. The van der Waals surface area contributed by atoms with E-state index in [0.717, 1.165) is 39.3 Å². The molecule has 2 aromatic rings. The van der Waals surface area contributed by atoms with Crippen LogP contribution in [-0.2, 0) is 0 Å². The first-order valence-corrected chi connectivity index (χ1v) is 9.69. The first-order valence-electron chi connectivity index (χ1n) is 8.06. The van der Waals surface area contributed by atoms with Crippen molar-refractivity contribution in [2.45, 2.75) is 26.7 Å². The van der Waals surface area contributed by atoms with E-state index in [1.807, 2.05) is 44.2 Å². The summed E-state index contributed by atoms with van der Waals surface area (Å²) in [4.78, 5) is 18.5. The minimum Gasteiger partial charge on any atom is -0.507 e. The smallest absolute Gasteiger partial charge is 0.252 e. The summed E-state index contributed by atoms with van der Waals surface area (Å²) in [6.45, 7) is 3.77. The van der Waals surface area contributed by atoms with Crippen molar-refractivity contribution in [2.24, 2.45) is 0 Å². The second kappa shape index (κ2) is 7.85. The molecule has 1 aliphatic carbocycles. The van der Waals surface area contributed by atoms with Crippen molar-refractivity contribution in [1.29, 1.82) is 0 Å². The third-order valence-corrected chi connectivity index (χ3v) is 5.83. The van der Waals surface area contributed by atoms with E-state index in [-0.39, 0.29) is 5.12 Å². The van der Waals surface area contributed by atoms with Crippen LogP contribution in [0.15, 0.2) is 41.5 Å². The van der Waals surface area contributed by atoms with Gasteiger partial charge in [0, 0.05) is 16.0 Å². The number of phenols is 1. The number of phenolic OH excluding ortho intramolecular Hbond substituents is 1. The summed E-state index contributed by atoms with van der Waals surface area (Å²) >= 11 is 2.63. The number of carbonyl (C=O) groups excluding carboxylic acids is 1. The maximum absolute atomic E-state index is 12.3. The molecular formula is C20H19NO2S2. The molecule has 0 fully saturated rings. The van der Waals surface area contributed by atoms with Gasteiger partial charge in [0.05, 0.1) is 0 Å². The number of thiazole rings is 1. The van der Waals surface area contributed by atoms with Crippen molar-refractivity contribution in [1.82, 2.24) is 4.98 Å². The summed E-state index contributed by atoms with van der Waals surface area (Å²) in [5.74, 6) is 0.339. The fourth-order valence-electron chi connectivity index (χ4n) is 2.54. The molecule has 0 saturated heterocycles. The molecule has 128 valence electrons. The number of allylic oxidation sites excluding steroid dienone is 3. The van der Waals surface area contributed by atoms with E-state index < -0.39 is 0 Å². The van der Waals surface area contributed by atoms with Crippen LogP contribution in [0.25, 0.3) is 12.2 Å². The molecule has 0 radical (unpaired) electrons. The molecule has 3 nitrogen and oxygen atoms in total. The van der Waals surface area contributed by atoms with Crippen molar-refractivity contribution < 1.29 is 9.90 Å². The van der Waals surface area contributed by atoms with Crippen LogP contribution in [0.3, 0.4) is 0 Å². The quantitative estimate of drug-likeness (QED) is 0.746. The molecule has 0 amide bonds. The minimum absolute atomic E-state index is 0.0150. The Morgan fingerprint density at radius 3 is 2.68 bits per heavy atom. The molecule has 1 N–H and O–H groups in total. The molecule has 0 unspecified atom stereocenters. The third kappa shape index (κ3) is 4.50. The highest BCUT2D eigenvalue weighted by Crippen LogP contribution is 2.29. The lowest BCUT2D eigenvalue weighted by molar-refractivity contribution is 0.108. The van der Waals surface area contributed by atoms with Crippen LogP contribution in [0, 0.1) is 13.8 Å². The van der Waals surface area contributed by atoms with E-state index in [9.17, 15) is 9.90 Å². The van der Waals surface area contributed by atoms with Crippen molar-refractivity contribution in [2.75, 3.05) is 0 Å². The van der Waals surface area contributed by atoms with Gasteiger partial charge in [-0.3, -0.25) is 4.79 Å². The Bertz CT molecular complexity index is 868. The molecule has 5 heteroatoms. The van der Waals surface area contributed by atoms with Crippen LogP contribution in [0.5, 0.6) is 5.75 Å². The normalized spacial score (nSPS) is 14.1. The summed E-state index contributed by atoms with van der Waals surface area (Å²) in [6, 6.07) is 3.87. The fourth-order valence-corrected chi connectivity index (χ4v) is 4.16. The number of hydrogen-bond donors (Lipinski definition) is 1. The number of aromatic nitrogens is 1. The molecule has 0 bridgehead atoms. The average Bonchev–Trinajstić information content (AvgIpc) is 3.08. The predicted octanol–water partition coefficient (Wildman–Crippen LogP) is 5.74. The van der Waals surface area contributed by atoms with Crippen LogP contribution in [0.2, 0.25) is 0 Å². The number of rotatable bonds is 4. The van der Waals surface area contributed by atoms with E-state index >= 15 is 0 Å². The number of nitrogens with zero attached hydrogens (tertiary/aromatic N) is 1. The highest BCUT2D eigenvalue weighted by Gasteiger charge is 2.13. The number of aromatic hydroxyl groups is 1. The number of hydrogen-bond acceptors (Lipinski definition) is 5. The van der Waals surface area contributed by atoms with Crippen molar-refractivity contribution in [3.8, 4) is 5.75 Å². The van der Waals surface area contributed by atoms with Gasteiger partial charge in [-0.05, 0) is 73.4 Å². The molecule has 1 aromatic carbocycles. The van der Waals surface area contributed by atoms with Gasteiger partial charge in [0.15, 0.2) is 5.01 Å². The Hall–Kier alpha value is -2.11. The van der Waals surface area contributed by atoms with E-state index in [2.05, 4.69) is 17.1 Å². The maximum Gasteiger partial charge on any atom is 0.252 e. The molecule has 0 saturated carbocycles. The Morgan fingerprint density at radius 2 is 2.00 bits per heavy atom. The minimum atomic E-state index is -0.0150. The van der Waals surface area contributed by atoms with Gasteiger partial charge >= 0.3 is 0 Å². The predicted molar refractivity (Wildman–Crippen MR) is 107 cm³/mol. The van der Waals surface area contributed by atoms with Crippen LogP contribution < -0.4 is 0 Å². The number of benzene rings is 1. The Balaban J connectivity index is 1.70. The highest BCUT2D eigenvalue weighted by atomic mass is 32.2. The molecule has 0 spiro atoms. The van der Waals surface area contributed by atoms with E-state index in [4.69, 9.17) is 0 Å². The second-order valence-corrected chi connectivity index (χ2v) is 7.99. The summed E-state index contributed by atoms with van der Waals surface area (Å²) in [7, 11) is 0. The zero-order valence-electron chi connectivity index (χ0n) is 14.2. The van der Waals surface area contributed by atoms with Gasteiger partial charge in [-0.25, -0.2) is 4.98 Å². The molecule has 3 rings (SSSR count). The van der Waals surface area contributed by atoms with E-state index in [1.165, 1.54) is 23.1 Å². The summed E-state index contributed by atoms with van der Waals surface area (Å²) in [6.07, 6.45) is 13.9. The monoisotopic (exact) mass is 369 g/mol. The topological polar surface area (TPSA) is 50.2 Å². The number of aryl methyl sites for hydroxylation is 2. The Morgan fingerprint density at radius 1 is 1.24 bits per heavy atom. The number of carbonyl (C=O) groups is 1. The zero-order chi connectivity index (χ0) is 17.8. The summed E-state index contributed by atoms with van der Waals surface area (Å²) < 4.78 is 0. The molecule has 1 aliphatic rings. The van der Waals surface area contributed by atoms with Crippen LogP contribution >= 0.6 is 23.1 Å². The first kappa shape index (κ1) is 17.7. The number of thioether (sulfide) groups is 1. The second-order valence-electron chi connectivity index (χ2n) is 5.88. The van der Waals surface area contributed by atoms with Crippen molar-refractivity contribution in [3.05, 3.63) is 68.0 Å². The molecule has 0 atom stereocenters. The standard InChI is InChI=1S/C20H19NO2S2/c1-13-10-15(11-14(2)18(13)22)8-9-17-12-21-19(24-17)20(23)25-16-6-4-3-5-7-16/h4,6-12,22H,3,5H2,1-2H3/b9-8+. The highest BCUT2D eigenvalue weighted by molar-refractivity contribution is 8.17. The van der Waals surface area contributed by atoms with Gasteiger partial charge in [-0.15, -0.1) is 11.3 Å². The van der Waals surface area contributed by atoms with Gasteiger partial charge in [0.25, 0.3) is 5.12 Å². The molecule has 1 heterocycles. The fraction of sp³-hybridized carbons (Fsp3) is 0.200. The van der Waals surface area contributed by atoms with E-state index in [1.54, 1.807) is 6.20 Å². The van der Waals surface area contributed by atoms with Crippen molar-refractivity contribution >= 4 is 40.4 Å². The summed E-state index contributed by atoms with van der Waals surface area (Å²) in [5, 5.41) is 10.3. The van der Waals surface area contributed by atoms with Crippen LogP contribution in [0.1, 0.15) is 44.2 Å². The van der Waals surface area contributed by atoms with E-state index in [0.29, 0.717) is 10.8 Å². The molecule has 1 aromatic heterocycles. The van der Waals surface area contributed by atoms with Crippen molar-refractivity contribution in [3.63, 3.8) is 0 Å². The Labute approximate surface area is 155 Å². The summed E-state index contributed by atoms with van der Waals surface area (Å²) in [5.41, 5.74) is 2.72. The SMILES string of the molecule is Cc1cc(/C=C/c2cnc(C(=O)SC3=CCCC=C3)s2)cc(C)c1O. The molecular weight excluding hydrogens is 350 g/mol. The van der Waals surface area contributed by atoms with Gasteiger partial charge in [0.2, 0.25) is 0 Å². The molecule has 0 aliphatic heterocycles. The van der Waals surface area contributed by atoms with Gasteiger partial charge in [0.1, 0.15) is 5.75 Å². The van der Waals surface area contributed by atoms with Gasteiger partial charge in [-0.1, -0.05) is 24.3 Å².